The lowest BCUT2D eigenvalue weighted by Crippen LogP contribution is -2.02. The molecule has 0 fully saturated rings. The van der Waals surface area contributed by atoms with E-state index in [0.717, 1.165) is 11.5 Å². The smallest absolute Gasteiger partial charge is 0.138 e. The standard InChI is InChI=1S/C10H12Cl2O2S/c11-8-1-2-10(9(12)7-8)14-4-6-15-5-3-13/h1-2,7,13H,3-6H2. The lowest BCUT2D eigenvalue weighted by atomic mass is 10.3. The second-order valence-corrected chi connectivity index (χ2v) is 4.83. The van der Waals surface area contributed by atoms with Gasteiger partial charge in [-0.2, -0.15) is 11.8 Å². The first-order chi connectivity index (χ1) is 7.24. The molecule has 15 heavy (non-hydrogen) atoms. The van der Waals surface area contributed by atoms with Crippen LogP contribution in [0.15, 0.2) is 18.2 Å². The molecule has 84 valence electrons. The molecule has 0 aliphatic carbocycles. The van der Waals surface area contributed by atoms with E-state index in [9.17, 15) is 0 Å². The SMILES string of the molecule is OCCSCCOc1ccc(Cl)cc1Cl. The number of hydrogen-bond acceptors (Lipinski definition) is 3. The van der Waals surface area contributed by atoms with Gasteiger partial charge in [-0.3, -0.25) is 0 Å². The Balaban J connectivity index is 2.31. The molecule has 2 nitrogen and oxygen atoms in total. The molecule has 1 N–H and O–H groups in total. The highest BCUT2D eigenvalue weighted by molar-refractivity contribution is 7.99. The summed E-state index contributed by atoms with van der Waals surface area (Å²) in [6.45, 7) is 0.776. The van der Waals surface area contributed by atoms with Gasteiger partial charge in [0.15, 0.2) is 0 Å². The van der Waals surface area contributed by atoms with Crippen LogP contribution in [0.1, 0.15) is 0 Å². The van der Waals surface area contributed by atoms with Crippen molar-refractivity contribution in [2.75, 3.05) is 24.7 Å². The van der Waals surface area contributed by atoms with Gasteiger partial charge < -0.3 is 9.84 Å². The summed E-state index contributed by atoms with van der Waals surface area (Å²) in [4.78, 5) is 0. The van der Waals surface area contributed by atoms with E-state index in [4.69, 9.17) is 33.0 Å². The summed E-state index contributed by atoms with van der Waals surface area (Å²) in [5, 5.41) is 9.68. The van der Waals surface area contributed by atoms with Crippen LogP contribution in [0.2, 0.25) is 10.0 Å². The largest absolute Gasteiger partial charge is 0.491 e. The summed E-state index contributed by atoms with van der Waals surface area (Å²) in [7, 11) is 0. The Hall–Kier alpha value is -0.0900. The average molecular weight is 267 g/mol. The van der Waals surface area contributed by atoms with E-state index in [1.807, 2.05) is 0 Å². The van der Waals surface area contributed by atoms with Crippen molar-refractivity contribution in [2.45, 2.75) is 0 Å². The van der Waals surface area contributed by atoms with Crippen LogP contribution >= 0.6 is 35.0 Å². The monoisotopic (exact) mass is 266 g/mol. The number of benzene rings is 1. The topological polar surface area (TPSA) is 29.5 Å². The van der Waals surface area contributed by atoms with E-state index in [0.29, 0.717) is 22.4 Å². The van der Waals surface area contributed by atoms with Gasteiger partial charge in [0.1, 0.15) is 5.75 Å². The molecule has 1 rings (SSSR count). The number of halogens is 2. The van der Waals surface area contributed by atoms with Crippen LogP contribution in [-0.2, 0) is 0 Å². The molecule has 0 saturated heterocycles. The van der Waals surface area contributed by atoms with Gasteiger partial charge in [-0.15, -0.1) is 0 Å². The lowest BCUT2D eigenvalue weighted by molar-refractivity contribution is 0.321. The number of ether oxygens (including phenoxy) is 1. The maximum Gasteiger partial charge on any atom is 0.138 e. The minimum atomic E-state index is 0.201. The third-order valence-electron chi connectivity index (χ3n) is 1.61. The quantitative estimate of drug-likeness (QED) is 0.803. The minimum absolute atomic E-state index is 0.201. The Bertz CT molecular complexity index is 307. The molecular weight excluding hydrogens is 255 g/mol. The van der Waals surface area contributed by atoms with Gasteiger partial charge in [0, 0.05) is 16.5 Å². The van der Waals surface area contributed by atoms with Gasteiger partial charge in [0.2, 0.25) is 0 Å². The summed E-state index contributed by atoms with van der Waals surface area (Å²) < 4.78 is 5.45. The third kappa shape index (κ3) is 4.98. The zero-order valence-corrected chi connectivity index (χ0v) is 10.4. The predicted octanol–water partition coefficient (Wildman–Crippen LogP) is 3.10. The average Bonchev–Trinajstić information content (AvgIpc) is 2.20. The molecule has 0 aliphatic rings. The zero-order chi connectivity index (χ0) is 11.1. The first kappa shape index (κ1) is 13.0. The molecule has 1 aromatic rings. The van der Waals surface area contributed by atoms with E-state index >= 15 is 0 Å². The van der Waals surface area contributed by atoms with E-state index in [-0.39, 0.29) is 6.61 Å². The Morgan fingerprint density at radius 3 is 2.73 bits per heavy atom. The van der Waals surface area contributed by atoms with E-state index < -0.39 is 0 Å². The second kappa shape index (κ2) is 7.23. The molecule has 0 amide bonds. The van der Waals surface area contributed by atoms with Crippen molar-refractivity contribution in [3.8, 4) is 5.75 Å². The Labute approximate surface area is 104 Å². The first-order valence-electron chi connectivity index (χ1n) is 4.50. The zero-order valence-electron chi connectivity index (χ0n) is 8.08. The normalized spacial score (nSPS) is 10.3. The molecule has 0 radical (unpaired) electrons. The maximum atomic E-state index is 8.56. The van der Waals surface area contributed by atoms with Crippen molar-refractivity contribution in [1.82, 2.24) is 0 Å². The van der Waals surface area contributed by atoms with E-state index in [1.54, 1.807) is 30.0 Å². The number of thioether (sulfide) groups is 1. The van der Waals surface area contributed by atoms with Crippen molar-refractivity contribution in [1.29, 1.82) is 0 Å². The van der Waals surface area contributed by atoms with Crippen molar-refractivity contribution < 1.29 is 9.84 Å². The van der Waals surface area contributed by atoms with Crippen LogP contribution in [0.3, 0.4) is 0 Å². The maximum absolute atomic E-state index is 8.56. The highest BCUT2D eigenvalue weighted by atomic mass is 35.5. The van der Waals surface area contributed by atoms with Crippen LogP contribution < -0.4 is 4.74 Å². The summed E-state index contributed by atoms with van der Waals surface area (Å²) in [6, 6.07) is 5.14. The van der Waals surface area contributed by atoms with Crippen LogP contribution in [0, 0.1) is 0 Å². The van der Waals surface area contributed by atoms with Crippen molar-refractivity contribution in [3.63, 3.8) is 0 Å². The lowest BCUT2D eigenvalue weighted by Gasteiger charge is -2.07. The molecular formula is C10H12Cl2O2S. The highest BCUT2D eigenvalue weighted by Crippen LogP contribution is 2.27. The number of aliphatic hydroxyl groups is 1. The summed E-state index contributed by atoms with van der Waals surface area (Å²) in [5.74, 6) is 2.21. The number of hydrogen-bond donors (Lipinski definition) is 1. The number of aliphatic hydroxyl groups excluding tert-OH is 1. The molecule has 0 unspecified atom stereocenters. The number of rotatable bonds is 6. The van der Waals surface area contributed by atoms with Crippen LogP contribution in [0.5, 0.6) is 5.75 Å². The van der Waals surface area contributed by atoms with E-state index in [2.05, 4.69) is 0 Å². The molecule has 0 aromatic heterocycles. The summed E-state index contributed by atoms with van der Waals surface area (Å²) >= 11 is 13.3. The molecule has 0 saturated carbocycles. The minimum Gasteiger partial charge on any atom is -0.491 e. The molecule has 0 aliphatic heterocycles. The third-order valence-corrected chi connectivity index (χ3v) is 3.07. The summed E-state index contributed by atoms with van der Waals surface area (Å²) in [5.41, 5.74) is 0. The second-order valence-electron chi connectivity index (χ2n) is 2.76. The van der Waals surface area contributed by atoms with Crippen molar-refractivity contribution >= 4 is 35.0 Å². The first-order valence-corrected chi connectivity index (χ1v) is 6.41. The molecule has 0 atom stereocenters. The predicted molar refractivity (Wildman–Crippen MR) is 66.4 cm³/mol. The molecule has 0 heterocycles. The van der Waals surface area contributed by atoms with Gasteiger partial charge in [-0.25, -0.2) is 0 Å². The molecule has 5 heteroatoms. The fourth-order valence-electron chi connectivity index (χ4n) is 0.969. The van der Waals surface area contributed by atoms with Crippen LogP contribution in [-0.4, -0.2) is 29.8 Å². The fourth-order valence-corrected chi connectivity index (χ4v) is 1.97. The Morgan fingerprint density at radius 2 is 2.07 bits per heavy atom. The van der Waals surface area contributed by atoms with Gasteiger partial charge in [0.25, 0.3) is 0 Å². The summed E-state index contributed by atoms with van der Waals surface area (Å²) in [6.07, 6.45) is 0. The Morgan fingerprint density at radius 1 is 1.27 bits per heavy atom. The Kier molecular flexibility index (Phi) is 6.25. The van der Waals surface area contributed by atoms with Crippen LogP contribution in [0.25, 0.3) is 0 Å². The van der Waals surface area contributed by atoms with Gasteiger partial charge in [-0.1, -0.05) is 23.2 Å². The van der Waals surface area contributed by atoms with E-state index in [1.165, 1.54) is 0 Å². The van der Waals surface area contributed by atoms with Gasteiger partial charge >= 0.3 is 0 Å². The van der Waals surface area contributed by atoms with Crippen molar-refractivity contribution in [3.05, 3.63) is 28.2 Å². The fraction of sp³-hybridized carbons (Fsp3) is 0.400. The van der Waals surface area contributed by atoms with Crippen LogP contribution in [0.4, 0.5) is 0 Å². The van der Waals surface area contributed by atoms with Gasteiger partial charge in [-0.05, 0) is 18.2 Å². The highest BCUT2D eigenvalue weighted by Gasteiger charge is 2.01. The molecule has 0 spiro atoms. The molecule has 1 aromatic carbocycles. The molecule has 0 bridgehead atoms. The van der Waals surface area contributed by atoms with Crippen molar-refractivity contribution in [2.24, 2.45) is 0 Å². The van der Waals surface area contributed by atoms with Gasteiger partial charge in [0.05, 0.1) is 18.2 Å².